The Morgan fingerprint density at radius 1 is 0.857 bits per heavy atom. The molecule has 4 nitrogen and oxygen atoms in total. The van der Waals surface area contributed by atoms with Crippen LogP contribution in [0.4, 0.5) is 5.69 Å². The zero-order valence-corrected chi connectivity index (χ0v) is 15.7. The molecule has 1 aromatic heterocycles. The molecule has 1 amide bonds. The van der Waals surface area contributed by atoms with E-state index in [2.05, 4.69) is 5.32 Å². The molecule has 1 heterocycles. The molecule has 1 N–H and O–H groups in total. The van der Waals surface area contributed by atoms with Crippen molar-refractivity contribution in [1.29, 1.82) is 0 Å². The van der Waals surface area contributed by atoms with Gasteiger partial charge in [-0.1, -0.05) is 48.5 Å². The number of amides is 1. The van der Waals surface area contributed by atoms with E-state index in [1.54, 1.807) is 30.3 Å². The predicted molar refractivity (Wildman–Crippen MR) is 110 cm³/mol. The van der Waals surface area contributed by atoms with E-state index in [9.17, 15) is 9.59 Å². The molecule has 0 unspecified atom stereocenters. The number of ketones is 1. The summed E-state index contributed by atoms with van der Waals surface area (Å²) in [5.41, 5.74) is 4.16. The van der Waals surface area contributed by atoms with Gasteiger partial charge in [-0.05, 0) is 43.7 Å². The molecule has 0 saturated heterocycles. The van der Waals surface area contributed by atoms with Crippen molar-refractivity contribution in [3.8, 4) is 0 Å². The SMILES string of the molecule is Cc1ccccc1C(=O)Nc1ccc2oc(C(=O)c3ccccc3)c(C)c2c1. The third-order valence-corrected chi connectivity index (χ3v) is 4.83. The summed E-state index contributed by atoms with van der Waals surface area (Å²) in [6, 6.07) is 21.9. The maximum absolute atomic E-state index is 12.8. The van der Waals surface area contributed by atoms with Crippen molar-refractivity contribution >= 4 is 28.3 Å². The minimum absolute atomic E-state index is 0.153. The van der Waals surface area contributed by atoms with Crippen LogP contribution in [-0.4, -0.2) is 11.7 Å². The number of aryl methyl sites for hydroxylation is 2. The molecule has 0 aliphatic rings. The molecule has 0 spiro atoms. The summed E-state index contributed by atoms with van der Waals surface area (Å²) in [4.78, 5) is 25.3. The van der Waals surface area contributed by atoms with Crippen LogP contribution in [0.25, 0.3) is 11.0 Å². The van der Waals surface area contributed by atoms with Crippen LogP contribution in [0.3, 0.4) is 0 Å². The maximum Gasteiger partial charge on any atom is 0.255 e. The summed E-state index contributed by atoms with van der Waals surface area (Å²) in [6.07, 6.45) is 0. The Hall–Kier alpha value is -3.66. The molecular weight excluding hydrogens is 350 g/mol. The number of rotatable bonds is 4. The molecule has 0 fully saturated rings. The van der Waals surface area contributed by atoms with Crippen LogP contribution in [0, 0.1) is 13.8 Å². The molecule has 0 bridgehead atoms. The largest absolute Gasteiger partial charge is 0.452 e. The van der Waals surface area contributed by atoms with Gasteiger partial charge in [0.2, 0.25) is 5.78 Å². The quantitative estimate of drug-likeness (QED) is 0.481. The maximum atomic E-state index is 12.8. The Morgan fingerprint density at radius 3 is 2.32 bits per heavy atom. The number of anilines is 1. The summed E-state index contributed by atoms with van der Waals surface area (Å²) in [5.74, 6) is 0.00237. The van der Waals surface area contributed by atoms with Gasteiger partial charge < -0.3 is 9.73 Å². The summed E-state index contributed by atoms with van der Waals surface area (Å²) in [7, 11) is 0. The Morgan fingerprint density at radius 2 is 1.57 bits per heavy atom. The van der Waals surface area contributed by atoms with Crippen LogP contribution in [0.5, 0.6) is 0 Å². The fourth-order valence-corrected chi connectivity index (χ4v) is 3.26. The number of benzene rings is 3. The summed E-state index contributed by atoms with van der Waals surface area (Å²) in [6.45, 7) is 3.76. The summed E-state index contributed by atoms with van der Waals surface area (Å²) in [5, 5.41) is 3.73. The molecule has 138 valence electrons. The van der Waals surface area contributed by atoms with Crippen LogP contribution in [0.15, 0.2) is 77.2 Å². The molecule has 0 atom stereocenters. The van der Waals surface area contributed by atoms with E-state index in [1.807, 2.05) is 56.3 Å². The molecule has 0 aliphatic heterocycles. The van der Waals surface area contributed by atoms with Crippen molar-refractivity contribution < 1.29 is 14.0 Å². The number of fused-ring (bicyclic) bond motifs is 1. The van der Waals surface area contributed by atoms with E-state index in [0.29, 0.717) is 28.2 Å². The molecule has 3 aromatic carbocycles. The molecule has 28 heavy (non-hydrogen) atoms. The zero-order chi connectivity index (χ0) is 19.7. The topological polar surface area (TPSA) is 59.3 Å². The van der Waals surface area contributed by atoms with E-state index in [0.717, 1.165) is 16.5 Å². The van der Waals surface area contributed by atoms with Crippen molar-refractivity contribution in [2.24, 2.45) is 0 Å². The highest BCUT2D eigenvalue weighted by Crippen LogP contribution is 2.29. The van der Waals surface area contributed by atoms with Gasteiger partial charge in [0.05, 0.1) is 0 Å². The van der Waals surface area contributed by atoms with Gasteiger partial charge >= 0.3 is 0 Å². The van der Waals surface area contributed by atoms with Crippen LogP contribution in [-0.2, 0) is 0 Å². The number of hydrogen-bond donors (Lipinski definition) is 1. The molecule has 0 radical (unpaired) electrons. The first-order valence-corrected chi connectivity index (χ1v) is 9.04. The van der Waals surface area contributed by atoms with E-state index < -0.39 is 0 Å². The van der Waals surface area contributed by atoms with Gasteiger partial charge in [-0.15, -0.1) is 0 Å². The monoisotopic (exact) mass is 369 g/mol. The molecule has 4 aromatic rings. The number of hydrogen-bond acceptors (Lipinski definition) is 3. The smallest absolute Gasteiger partial charge is 0.255 e. The van der Waals surface area contributed by atoms with Crippen molar-refractivity contribution in [3.05, 3.63) is 101 Å². The summed E-state index contributed by atoms with van der Waals surface area (Å²) < 4.78 is 5.82. The lowest BCUT2D eigenvalue weighted by molar-refractivity contribution is 0.101. The highest BCUT2D eigenvalue weighted by molar-refractivity contribution is 6.11. The zero-order valence-electron chi connectivity index (χ0n) is 15.7. The average molecular weight is 369 g/mol. The van der Waals surface area contributed by atoms with Gasteiger partial charge in [0.1, 0.15) is 5.58 Å². The lowest BCUT2D eigenvalue weighted by atomic mass is 10.0. The Bertz CT molecular complexity index is 1190. The van der Waals surface area contributed by atoms with E-state index in [1.165, 1.54) is 0 Å². The van der Waals surface area contributed by atoms with Gasteiger partial charge in [-0.3, -0.25) is 9.59 Å². The van der Waals surface area contributed by atoms with Gasteiger partial charge in [-0.25, -0.2) is 0 Å². The Balaban J connectivity index is 1.66. The fourth-order valence-electron chi connectivity index (χ4n) is 3.26. The van der Waals surface area contributed by atoms with Crippen LogP contribution in [0.1, 0.15) is 37.6 Å². The number of nitrogens with one attached hydrogen (secondary N) is 1. The molecule has 0 saturated carbocycles. The third-order valence-electron chi connectivity index (χ3n) is 4.83. The standard InChI is InChI=1S/C24H19NO3/c1-15-8-6-7-11-19(15)24(27)25-18-12-13-21-20(14-18)16(2)23(28-21)22(26)17-9-4-3-5-10-17/h3-14H,1-2H3,(H,25,27). The predicted octanol–water partition coefficient (Wildman–Crippen LogP) is 5.53. The van der Waals surface area contributed by atoms with Gasteiger partial charge in [0, 0.05) is 27.8 Å². The minimum atomic E-state index is -0.167. The van der Waals surface area contributed by atoms with Crippen molar-refractivity contribution in [2.75, 3.05) is 5.32 Å². The van der Waals surface area contributed by atoms with Crippen molar-refractivity contribution in [1.82, 2.24) is 0 Å². The van der Waals surface area contributed by atoms with E-state index in [-0.39, 0.29) is 11.7 Å². The molecule has 4 heteroatoms. The number of furan rings is 1. The average Bonchev–Trinajstić information content (AvgIpc) is 3.04. The first-order chi connectivity index (χ1) is 13.5. The third kappa shape index (κ3) is 3.21. The number of carbonyl (C=O) groups excluding carboxylic acids is 2. The normalized spacial score (nSPS) is 10.8. The van der Waals surface area contributed by atoms with Gasteiger partial charge in [0.15, 0.2) is 5.76 Å². The summed E-state index contributed by atoms with van der Waals surface area (Å²) >= 11 is 0. The Kier molecular flexibility index (Phi) is 4.53. The second-order valence-electron chi connectivity index (χ2n) is 6.73. The highest BCUT2D eigenvalue weighted by Gasteiger charge is 2.19. The first-order valence-electron chi connectivity index (χ1n) is 9.04. The van der Waals surface area contributed by atoms with Gasteiger partial charge in [0.25, 0.3) is 5.91 Å². The van der Waals surface area contributed by atoms with Crippen LogP contribution in [0.2, 0.25) is 0 Å². The fraction of sp³-hybridized carbons (Fsp3) is 0.0833. The van der Waals surface area contributed by atoms with E-state index in [4.69, 9.17) is 4.42 Å². The first kappa shape index (κ1) is 17.7. The van der Waals surface area contributed by atoms with Crippen molar-refractivity contribution in [3.63, 3.8) is 0 Å². The lowest BCUT2D eigenvalue weighted by Gasteiger charge is -2.07. The minimum Gasteiger partial charge on any atom is -0.452 e. The van der Waals surface area contributed by atoms with E-state index >= 15 is 0 Å². The van der Waals surface area contributed by atoms with Gasteiger partial charge in [-0.2, -0.15) is 0 Å². The molecular formula is C24H19NO3. The second kappa shape index (κ2) is 7.16. The van der Waals surface area contributed by atoms with Crippen LogP contribution >= 0.6 is 0 Å². The highest BCUT2D eigenvalue weighted by atomic mass is 16.3. The Labute approximate surface area is 162 Å². The molecule has 0 aliphatic carbocycles. The number of carbonyl (C=O) groups is 2. The van der Waals surface area contributed by atoms with Crippen molar-refractivity contribution in [2.45, 2.75) is 13.8 Å². The lowest BCUT2D eigenvalue weighted by Crippen LogP contribution is -2.13. The second-order valence-corrected chi connectivity index (χ2v) is 6.73. The van der Waals surface area contributed by atoms with Crippen LogP contribution < -0.4 is 5.32 Å². The molecule has 4 rings (SSSR count).